The highest BCUT2D eigenvalue weighted by Crippen LogP contribution is 2.15. The maximum atomic E-state index is 12.0. The van der Waals surface area contributed by atoms with Crippen LogP contribution in [0.3, 0.4) is 0 Å². The lowest BCUT2D eigenvalue weighted by atomic mass is 10.0. The zero-order valence-electron chi connectivity index (χ0n) is 18.1. The summed E-state index contributed by atoms with van der Waals surface area (Å²) in [5.41, 5.74) is 0.832. The van der Waals surface area contributed by atoms with Gasteiger partial charge in [0, 0.05) is 6.42 Å². The molecule has 6 heteroatoms. The van der Waals surface area contributed by atoms with E-state index in [0.717, 1.165) is 37.8 Å². The van der Waals surface area contributed by atoms with Crippen LogP contribution in [0.4, 0.5) is 0 Å². The average molecular weight is 418 g/mol. The quantitative estimate of drug-likeness (QED) is 0.363. The summed E-state index contributed by atoms with van der Waals surface area (Å²) in [4.78, 5) is 29.0. The van der Waals surface area contributed by atoms with Crippen molar-refractivity contribution in [2.75, 3.05) is 6.61 Å². The van der Waals surface area contributed by atoms with Crippen LogP contribution in [-0.2, 0) is 19.2 Å². The van der Waals surface area contributed by atoms with Crippen molar-refractivity contribution in [2.24, 2.45) is 5.16 Å². The standard InChI is InChI=1S/C24H35NO5/c1-20-17-18-21(25-30-24(27)19-28-22-14-10-8-11-15-22)13-9-6-4-2-3-5-7-12-16-23(26)29-20/h8,10-11,14-15,20H,2-7,9,12-13,16-19H2,1H3/b25-21-. The third-order valence-electron chi connectivity index (χ3n) is 5.14. The molecule has 30 heavy (non-hydrogen) atoms. The van der Waals surface area contributed by atoms with Crippen LogP contribution in [0.15, 0.2) is 35.5 Å². The number of rotatable bonds is 4. The summed E-state index contributed by atoms with van der Waals surface area (Å²) in [6.07, 6.45) is 11.4. The van der Waals surface area contributed by atoms with Crippen LogP contribution in [0.25, 0.3) is 0 Å². The monoisotopic (exact) mass is 417 g/mol. The Kier molecular flexibility index (Phi) is 11.6. The van der Waals surface area contributed by atoms with Gasteiger partial charge in [0.05, 0.1) is 11.8 Å². The zero-order valence-corrected chi connectivity index (χ0v) is 18.1. The molecule has 1 heterocycles. The minimum Gasteiger partial charge on any atom is -0.482 e. The smallest absolute Gasteiger partial charge is 0.372 e. The highest BCUT2D eigenvalue weighted by Gasteiger charge is 2.13. The Morgan fingerprint density at radius 1 is 0.967 bits per heavy atom. The SMILES string of the molecule is CC1CC/C(=N\OC(=O)COc2ccccc2)CCCCCCCCCCC(=O)O1. The minimum atomic E-state index is -0.530. The molecular weight excluding hydrogens is 382 g/mol. The Morgan fingerprint density at radius 3 is 2.30 bits per heavy atom. The molecule has 2 rings (SSSR count). The summed E-state index contributed by atoms with van der Waals surface area (Å²) >= 11 is 0. The number of carbonyl (C=O) groups is 2. The predicted octanol–water partition coefficient (Wildman–Crippen LogP) is 5.59. The molecule has 1 aromatic carbocycles. The predicted molar refractivity (Wildman–Crippen MR) is 116 cm³/mol. The molecule has 0 spiro atoms. The maximum absolute atomic E-state index is 12.0. The summed E-state index contributed by atoms with van der Waals surface area (Å²) in [5.74, 6) is -0.0435. The molecule has 0 radical (unpaired) electrons. The third kappa shape index (κ3) is 11.0. The van der Waals surface area contributed by atoms with Gasteiger partial charge in [0.2, 0.25) is 0 Å². The molecule has 0 aromatic heterocycles. The van der Waals surface area contributed by atoms with Crippen molar-refractivity contribution < 1.29 is 23.9 Å². The number of oxime groups is 1. The van der Waals surface area contributed by atoms with Crippen molar-refractivity contribution in [3.8, 4) is 5.75 Å². The van der Waals surface area contributed by atoms with Crippen LogP contribution < -0.4 is 4.74 Å². The van der Waals surface area contributed by atoms with Gasteiger partial charge in [-0.05, 0) is 51.2 Å². The van der Waals surface area contributed by atoms with E-state index in [4.69, 9.17) is 14.3 Å². The van der Waals surface area contributed by atoms with Crippen molar-refractivity contribution in [1.29, 1.82) is 0 Å². The topological polar surface area (TPSA) is 74.2 Å². The Bertz CT molecular complexity index is 659. The van der Waals surface area contributed by atoms with E-state index in [1.54, 1.807) is 12.1 Å². The number of carbonyl (C=O) groups excluding carboxylic acids is 2. The average Bonchev–Trinajstić information content (AvgIpc) is 2.74. The molecule has 0 amide bonds. The lowest BCUT2D eigenvalue weighted by molar-refractivity contribution is -0.148. The van der Waals surface area contributed by atoms with E-state index in [0.29, 0.717) is 25.0 Å². The Morgan fingerprint density at radius 2 is 1.60 bits per heavy atom. The van der Waals surface area contributed by atoms with Crippen molar-refractivity contribution in [3.05, 3.63) is 30.3 Å². The largest absolute Gasteiger partial charge is 0.482 e. The zero-order chi connectivity index (χ0) is 21.4. The molecule has 1 aliphatic rings. The van der Waals surface area contributed by atoms with E-state index in [1.807, 2.05) is 25.1 Å². The van der Waals surface area contributed by atoms with E-state index < -0.39 is 5.97 Å². The molecular formula is C24H35NO5. The first-order valence-electron chi connectivity index (χ1n) is 11.3. The molecule has 0 bridgehead atoms. The molecule has 1 aliphatic heterocycles. The number of ether oxygens (including phenoxy) is 2. The normalized spacial score (nSPS) is 21.6. The first-order valence-corrected chi connectivity index (χ1v) is 11.3. The summed E-state index contributed by atoms with van der Waals surface area (Å²) in [6, 6.07) is 9.13. The number of cyclic esters (lactones) is 1. The van der Waals surface area contributed by atoms with E-state index in [9.17, 15) is 9.59 Å². The maximum Gasteiger partial charge on any atom is 0.372 e. The number of hydrogen-bond acceptors (Lipinski definition) is 6. The molecule has 1 atom stereocenters. The molecule has 1 saturated heterocycles. The fraction of sp³-hybridized carbons (Fsp3) is 0.625. The van der Waals surface area contributed by atoms with Gasteiger partial charge in [0.1, 0.15) is 5.75 Å². The van der Waals surface area contributed by atoms with Gasteiger partial charge in [0.15, 0.2) is 6.61 Å². The van der Waals surface area contributed by atoms with E-state index in [1.165, 1.54) is 25.7 Å². The summed E-state index contributed by atoms with van der Waals surface area (Å²) in [7, 11) is 0. The Hall–Kier alpha value is -2.37. The molecule has 1 unspecified atom stereocenters. The molecule has 0 N–H and O–H groups in total. The molecule has 1 fully saturated rings. The fourth-order valence-electron chi connectivity index (χ4n) is 3.39. The first kappa shape index (κ1) is 23.9. The fourth-order valence-corrected chi connectivity index (χ4v) is 3.39. The van der Waals surface area contributed by atoms with Crippen molar-refractivity contribution in [3.63, 3.8) is 0 Å². The lowest BCUT2D eigenvalue weighted by Crippen LogP contribution is -2.17. The van der Waals surface area contributed by atoms with E-state index in [-0.39, 0.29) is 18.7 Å². The van der Waals surface area contributed by atoms with Gasteiger partial charge in [-0.25, -0.2) is 4.79 Å². The van der Waals surface area contributed by atoms with Gasteiger partial charge in [-0.2, -0.15) is 0 Å². The second-order valence-corrected chi connectivity index (χ2v) is 7.89. The van der Waals surface area contributed by atoms with Crippen LogP contribution in [0.2, 0.25) is 0 Å². The first-order chi connectivity index (χ1) is 14.6. The van der Waals surface area contributed by atoms with Crippen LogP contribution in [0, 0.1) is 0 Å². The number of esters is 1. The summed E-state index contributed by atoms with van der Waals surface area (Å²) < 4.78 is 10.9. The van der Waals surface area contributed by atoms with Gasteiger partial charge in [0.25, 0.3) is 0 Å². The summed E-state index contributed by atoms with van der Waals surface area (Å²) in [5, 5.41) is 4.10. The number of nitrogens with zero attached hydrogens (tertiary/aromatic N) is 1. The third-order valence-corrected chi connectivity index (χ3v) is 5.14. The second kappa shape index (κ2) is 14.6. The number of benzene rings is 1. The molecule has 166 valence electrons. The van der Waals surface area contributed by atoms with Crippen molar-refractivity contribution in [1.82, 2.24) is 0 Å². The van der Waals surface area contributed by atoms with Crippen molar-refractivity contribution in [2.45, 2.75) is 90.1 Å². The number of para-hydroxylation sites is 1. The van der Waals surface area contributed by atoms with Gasteiger partial charge in [-0.15, -0.1) is 0 Å². The van der Waals surface area contributed by atoms with Gasteiger partial charge >= 0.3 is 11.9 Å². The van der Waals surface area contributed by atoms with Crippen LogP contribution >= 0.6 is 0 Å². The van der Waals surface area contributed by atoms with Gasteiger partial charge in [-0.1, -0.05) is 61.9 Å². The lowest BCUT2D eigenvalue weighted by Gasteiger charge is -2.14. The Balaban J connectivity index is 1.84. The molecule has 1 aromatic rings. The highest BCUT2D eigenvalue weighted by molar-refractivity contribution is 5.85. The molecule has 0 saturated carbocycles. The summed E-state index contributed by atoms with van der Waals surface area (Å²) in [6.45, 7) is 1.72. The Labute approximate surface area is 180 Å². The number of hydrogen-bond donors (Lipinski definition) is 0. The van der Waals surface area contributed by atoms with E-state index in [2.05, 4.69) is 5.16 Å². The molecule has 6 nitrogen and oxygen atoms in total. The van der Waals surface area contributed by atoms with Gasteiger partial charge < -0.3 is 14.3 Å². The van der Waals surface area contributed by atoms with Crippen LogP contribution in [0.1, 0.15) is 84.0 Å². The van der Waals surface area contributed by atoms with E-state index >= 15 is 0 Å². The van der Waals surface area contributed by atoms with Crippen LogP contribution in [0.5, 0.6) is 5.75 Å². The van der Waals surface area contributed by atoms with Gasteiger partial charge in [-0.3, -0.25) is 4.79 Å². The second-order valence-electron chi connectivity index (χ2n) is 7.89. The van der Waals surface area contributed by atoms with Crippen molar-refractivity contribution >= 4 is 17.7 Å². The minimum absolute atomic E-state index is 0.127. The van der Waals surface area contributed by atoms with Crippen LogP contribution in [-0.4, -0.2) is 30.4 Å². The highest BCUT2D eigenvalue weighted by atomic mass is 16.7. The molecule has 0 aliphatic carbocycles.